The van der Waals surface area contributed by atoms with Gasteiger partial charge in [0, 0.05) is 37.6 Å². The summed E-state index contributed by atoms with van der Waals surface area (Å²) in [5.41, 5.74) is 0.0259. The van der Waals surface area contributed by atoms with Gasteiger partial charge in [-0.3, -0.25) is 4.79 Å². The zero-order chi connectivity index (χ0) is 25.1. The average Bonchev–Trinajstić information content (AvgIpc) is 2.76. The van der Waals surface area contributed by atoms with Gasteiger partial charge in [-0.2, -0.15) is 27.3 Å². The minimum Gasteiger partial charge on any atom is -0.486 e. The molecule has 1 saturated heterocycles. The molecule has 0 saturated carbocycles. The van der Waals surface area contributed by atoms with Crippen LogP contribution in [0, 0.1) is 0 Å². The Morgan fingerprint density at radius 2 is 1.85 bits per heavy atom. The van der Waals surface area contributed by atoms with E-state index >= 15 is 0 Å². The molecule has 3 rings (SSSR count). The minimum atomic E-state index is -4.33. The highest BCUT2D eigenvalue weighted by Crippen LogP contribution is 2.28. The van der Waals surface area contributed by atoms with Crippen molar-refractivity contribution in [1.29, 1.82) is 0 Å². The van der Waals surface area contributed by atoms with Crippen molar-refractivity contribution < 1.29 is 26.3 Å². The first-order chi connectivity index (χ1) is 15.9. The number of sulfonamides is 1. The molecule has 0 spiro atoms. The Balaban J connectivity index is 1.89. The van der Waals surface area contributed by atoms with Crippen LogP contribution >= 0.6 is 11.6 Å². The molecule has 34 heavy (non-hydrogen) atoms. The van der Waals surface area contributed by atoms with E-state index in [-0.39, 0.29) is 45.0 Å². The fraction of sp³-hybridized carbons (Fsp3) is 0.524. The van der Waals surface area contributed by atoms with Crippen LogP contribution in [0.2, 0.25) is 5.02 Å². The Hall–Kier alpha value is -2.31. The summed E-state index contributed by atoms with van der Waals surface area (Å²) >= 11 is 6.01. The number of hydrogen-bond donors (Lipinski definition) is 0. The van der Waals surface area contributed by atoms with Crippen molar-refractivity contribution in [2.45, 2.75) is 38.1 Å². The van der Waals surface area contributed by atoms with Crippen LogP contribution in [0.1, 0.15) is 26.7 Å². The third-order valence-corrected chi connectivity index (χ3v) is 7.86. The van der Waals surface area contributed by atoms with Gasteiger partial charge in [0.15, 0.2) is 0 Å². The molecule has 188 valence electrons. The van der Waals surface area contributed by atoms with Gasteiger partial charge in [-0.25, -0.2) is 8.42 Å². The summed E-state index contributed by atoms with van der Waals surface area (Å²) in [6, 6.07) is 6.41. The standard InChI is InChI=1S/C21H26ClF3N4O4S/c1-15(2)34(31,32)28-10-8-27(9-11-28)18-14-26-29(17-6-3-5-16(22)13-17)20(30)19(18)33-12-4-7-21(23,24)25/h3,5-6,13-15H,4,7-12H2,1-2H3. The smallest absolute Gasteiger partial charge is 0.389 e. The summed E-state index contributed by atoms with van der Waals surface area (Å²) in [4.78, 5) is 15.0. The quantitative estimate of drug-likeness (QED) is 0.494. The number of nitrogens with zero attached hydrogens (tertiary/aromatic N) is 4. The van der Waals surface area contributed by atoms with E-state index < -0.39 is 33.4 Å². The van der Waals surface area contributed by atoms with E-state index in [1.807, 2.05) is 0 Å². The highest BCUT2D eigenvalue weighted by Gasteiger charge is 2.31. The van der Waals surface area contributed by atoms with Gasteiger partial charge in [0.25, 0.3) is 0 Å². The largest absolute Gasteiger partial charge is 0.486 e. The Morgan fingerprint density at radius 3 is 2.44 bits per heavy atom. The van der Waals surface area contributed by atoms with E-state index in [4.69, 9.17) is 16.3 Å². The van der Waals surface area contributed by atoms with Crippen LogP contribution < -0.4 is 15.2 Å². The van der Waals surface area contributed by atoms with Crippen molar-refractivity contribution in [3.63, 3.8) is 0 Å². The predicted octanol–water partition coefficient (Wildman–Crippen LogP) is 3.47. The molecule has 1 aliphatic heterocycles. The normalized spacial score (nSPS) is 15.7. The van der Waals surface area contributed by atoms with Gasteiger partial charge >= 0.3 is 11.7 Å². The molecule has 1 aromatic heterocycles. The van der Waals surface area contributed by atoms with Crippen LogP contribution in [0.25, 0.3) is 5.69 Å². The third-order valence-electron chi connectivity index (χ3n) is 5.35. The maximum atomic E-state index is 13.2. The lowest BCUT2D eigenvalue weighted by atomic mass is 10.3. The van der Waals surface area contributed by atoms with Crippen molar-refractivity contribution in [3.8, 4) is 11.4 Å². The molecule has 0 bridgehead atoms. The molecule has 0 aliphatic carbocycles. The number of piperazine rings is 1. The van der Waals surface area contributed by atoms with E-state index in [0.717, 1.165) is 4.68 Å². The van der Waals surface area contributed by atoms with Gasteiger partial charge in [-0.1, -0.05) is 17.7 Å². The van der Waals surface area contributed by atoms with Crippen molar-refractivity contribution >= 4 is 27.3 Å². The van der Waals surface area contributed by atoms with Gasteiger partial charge < -0.3 is 9.64 Å². The zero-order valence-corrected chi connectivity index (χ0v) is 20.3. The van der Waals surface area contributed by atoms with E-state index in [1.54, 1.807) is 36.9 Å². The first-order valence-electron chi connectivity index (χ1n) is 10.7. The molecule has 13 heteroatoms. The van der Waals surface area contributed by atoms with Crippen molar-refractivity contribution in [2.75, 3.05) is 37.7 Å². The van der Waals surface area contributed by atoms with Crippen LogP contribution in [-0.4, -0.2) is 66.7 Å². The Kier molecular flexibility index (Phi) is 8.14. The summed E-state index contributed by atoms with van der Waals surface area (Å²) in [7, 11) is -3.43. The molecule has 0 amide bonds. The number of rotatable bonds is 8. The van der Waals surface area contributed by atoms with Gasteiger partial charge in [0.05, 0.1) is 23.7 Å². The molecule has 1 fully saturated rings. The van der Waals surface area contributed by atoms with Crippen LogP contribution in [-0.2, 0) is 10.0 Å². The molecule has 0 N–H and O–H groups in total. The molecule has 0 radical (unpaired) electrons. The number of ether oxygens (including phenoxy) is 1. The molecule has 0 unspecified atom stereocenters. The predicted molar refractivity (Wildman–Crippen MR) is 123 cm³/mol. The topological polar surface area (TPSA) is 84.7 Å². The van der Waals surface area contributed by atoms with Gasteiger partial charge in [0.2, 0.25) is 15.8 Å². The molecule has 8 nitrogen and oxygen atoms in total. The minimum absolute atomic E-state index is 0.141. The van der Waals surface area contributed by atoms with Gasteiger partial charge in [0.1, 0.15) is 5.69 Å². The third kappa shape index (κ3) is 6.22. The lowest BCUT2D eigenvalue weighted by Gasteiger charge is -2.36. The van der Waals surface area contributed by atoms with Crippen molar-refractivity contribution in [3.05, 3.63) is 45.8 Å². The number of alkyl halides is 3. The van der Waals surface area contributed by atoms with Gasteiger partial charge in [-0.05, 0) is 38.5 Å². The highest BCUT2D eigenvalue weighted by atomic mass is 35.5. The molecule has 0 atom stereocenters. The van der Waals surface area contributed by atoms with Crippen LogP contribution in [0.3, 0.4) is 0 Å². The summed E-state index contributed by atoms with van der Waals surface area (Å²) in [5.74, 6) is -0.141. The number of aromatic nitrogens is 2. The molecular formula is C21H26ClF3N4O4S. The molecule has 1 aromatic carbocycles. The molecular weight excluding hydrogens is 497 g/mol. The summed E-state index contributed by atoms with van der Waals surface area (Å²) in [6.07, 6.45) is -4.29. The molecule has 1 aliphatic rings. The van der Waals surface area contributed by atoms with E-state index in [0.29, 0.717) is 16.4 Å². The lowest BCUT2D eigenvalue weighted by Crippen LogP contribution is -2.50. The lowest BCUT2D eigenvalue weighted by molar-refractivity contribution is -0.136. The Morgan fingerprint density at radius 1 is 1.18 bits per heavy atom. The number of anilines is 1. The monoisotopic (exact) mass is 522 g/mol. The maximum Gasteiger partial charge on any atom is 0.389 e. The number of hydrogen-bond acceptors (Lipinski definition) is 6. The summed E-state index contributed by atoms with van der Waals surface area (Å²) in [6.45, 7) is 3.84. The summed E-state index contributed by atoms with van der Waals surface area (Å²) < 4.78 is 70.5. The second-order valence-electron chi connectivity index (χ2n) is 8.10. The fourth-order valence-electron chi connectivity index (χ4n) is 3.51. The fourth-order valence-corrected chi connectivity index (χ4v) is 4.96. The van der Waals surface area contributed by atoms with Crippen molar-refractivity contribution in [2.24, 2.45) is 0 Å². The number of benzene rings is 1. The van der Waals surface area contributed by atoms with Gasteiger partial charge in [-0.15, -0.1) is 0 Å². The molecule has 2 aromatic rings. The number of halogens is 4. The van der Waals surface area contributed by atoms with E-state index in [2.05, 4.69) is 5.10 Å². The first kappa shape index (κ1) is 26.3. The SMILES string of the molecule is CC(C)S(=O)(=O)N1CCN(c2cnn(-c3cccc(Cl)c3)c(=O)c2OCCCC(F)(F)F)CC1. The Labute approximate surface area is 200 Å². The van der Waals surface area contributed by atoms with E-state index in [9.17, 15) is 26.4 Å². The molecule has 2 heterocycles. The average molecular weight is 523 g/mol. The second kappa shape index (κ2) is 10.5. The zero-order valence-electron chi connectivity index (χ0n) is 18.8. The Bertz CT molecular complexity index is 1160. The van der Waals surface area contributed by atoms with E-state index in [1.165, 1.54) is 16.6 Å². The van der Waals surface area contributed by atoms with Crippen LogP contribution in [0.4, 0.5) is 18.9 Å². The first-order valence-corrected chi connectivity index (χ1v) is 12.6. The summed E-state index contributed by atoms with van der Waals surface area (Å²) in [5, 5.41) is 4.02. The second-order valence-corrected chi connectivity index (χ2v) is 11.0. The van der Waals surface area contributed by atoms with Crippen molar-refractivity contribution in [1.82, 2.24) is 14.1 Å². The maximum absolute atomic E-state index is 13.2. The van der Waals surface area contributed by atoms with Crippen LogP contribution in [0.15, 0.2) is 35.3 Å². The van der Waals surface area contributed by atoms with Crippen LogP contribution in [0.5, 0.6) is 5.75 Å². The highest BCUT2D eigenvalue weighted by molar-refractivity contribution is 7.89.